The molecule has 0 bridgehead atoms. The molecule has 1 aromatic rings. The molecule has 0 atom stereocenters. The van der Waals surface area contributed by atoms with Crippen LogP contribution in [0.4, 0.5) is 10.1 Å². The van der Waals surface area contributed by atoms with Crippen molar-refractivity contribution in [2.45, 2.75) is 26.7 Å². The normalized spacial score (nSPS) is 14.9. The molecule has 0 aromatic heterocycles. The van der Waals surface area contributed by atoms with Crippen molar-refractivity contribution in [2.24, 2.45) is 10.9 Å². The number of benzene rings is 1. The molecular formula is C22H36FN5O2. The van der Waals surface area contributed by atoms with Crippen LogP contribution in [0.15, 0.2) is 29.3 Å². The van der Waals surface area contributed by atoms with Crippen LogP contribution in [0.2, 0.25) is 0 Å². The number of ether oxygens (including phenoxy) is 1. The van der Waals surface area contributed by atoms with Crippen molar-refractivity contribution in [1.29, 1.82) is 0 Å². The minimum atomic E-state index is -0.232. The summed E-state index contributed by atoms with van der Waals surface area (Å²) in [6.45, 7) is 9.97. The third kappa shape index (κ3) is 8.57. The molecule has 0 aliphatic carbocycles. The van der Waals surface area contributed by atoms with E-state index in [9.17, 15) is 9.18 Å². The summed E-state index contributed by atoms with van der Waals surface area (Å²) in [6.07, 6.45) is 1.33. The predicted octanol–water partition coefficient (Wildman–Crippen LogP) is 2.09. The summed E-state index contributed by atoms with van der Waals surface area (Å²) in [5, 5.41) is 6.43. The molecule has 2 rings (SSSR count). The first kappa shape index (κ1) is 23.9. The Kier molecular flexibility index (Phi) is 10.4. The zero-order valence-electron chi connectivity index (χ0n) is 18.5. The van der Waals surface area contributed by atoms with Gasteiger partial charge in [0.1, 0.15) is 5.82 Å². The van der Waals surface area contributed by atoms with E-state index in [1.807, 2.05) is 4.90 Å². The summed E-state index contributed by atoms with van der Waals surface area (Å²) in [5.74, 6) is 1.16. The van der Waals surface area contributed by atoms with Crippen LogP contribution in [-0.4, -0.2) is 76.3 Å². The molecule has 0 saturated carbocycles. The van der Waals surface area contributed by atoms with Crippen molar-refractivity contribution in [3.63, 3.8) is 0 Å². The molecule has 1 aromatic carbocycles. The molecule has 1 aliphatic rings. The Morgan fingerprint density at radius 2 is 1.80 bits per heavy atom. The summed E-state index contributed by atoms with van der Waals surface area (Å²) >= 11 is 0. The highest BCUT2D eigenvalue weighted by molar-refractivity contribution is 5.81. The Morgan fingerprint density at radius 3 is 2.43 bits per heavy atom. The number of hydrogen-bond acceptors (Lipinski definition) is 4. The molecule has 0 spiro atoms. The van der Waals surface area contributed by atoms with E-state index in [0.29, 0.717) is 37.9 Å². The van der Waals surface area contributed by atoms with Gasteiger partial charge in [0.15, 0.2) is 5.96 Å². The third-order valence-electron chi connectivity index (χ3n) is 4.89. The fraction of sp³-hybridized carbons (Fsp3) is 0.636. The van der Waals surface area contributed by atoms with Gasteiger partial charge in [-0.05, 0) is 36.6 Å². The SMILES string of the molecule is CN=C(NCCCOCC(C)C)NCCC(=O)N1CCN(c2ccc(F)cc2)CC1. The van der Waals surface area contributed by atoms with Crippen LogP contribution in [-0.2, 0) is 9.53 Å². The van der Waals surface area contributed by atoms with E-state index in [2.05, 4.69) is 34.4 Å². The summed E-state index contributed by atoms with van der Waals surface area (Å²) in [5.41, 5.74) is 0.995. The molecule has 1 heterocycles. The monoisotopic (exact) mass is 421 g/mol. The number of amides is 1. The number of carbonyl (C=O) groups is 1. The van der Waals surface area contributed by atoms with Crippen LogP contribution in [0.3, 0.4) is 0 Å². The first-order chi connectivity index (χ1) is 14.5. The topological polar surface area (TPSA) is 69.2 Å². The first-order valence-corrected chi connectivity index (χ1v) is 10.8. The number of hydrogen-bond donors (Lipinski definition) is 2. The van der Waals surface area contributed by atoms with E-state index in [4.69, 9.17) is 4.74 Å². The maximum Gasteiger partial charge on any atom is 0.224 e. The first-order valence-electron chi connectivity index (χ1n) is 10.8. The van der Waals surface area contributed by atoms with E-state index >= 15 is 0 Å². The van der Waals surface area contributed by atoms with Crippen LogP contribution < -0.4 is 15.5 Å². The maximum absolute atomic E-state index is 13.1. The average Bonchev–Trinajstić information content (AvgIpc) is 2.75. The van der Waals surface area contributed by atoms with Crippen molar-refractivity contribution in [1.82, 2.24) is 15.5 Å². The van der Waals surface area contributed by atoms with Crippen LogP contribution in [0.5, 0.6) is 0 Å². The summed E-state index contributed by atoms with van der Waals surface area (Å²) in [7, 11) is 1.72. The number of anilines is 1. The summed E-state index contributed by atoms with van der Waals surface area (Å²) < 4.78 is 18.6. The Labute approximate surface area is 179 Å². The van der Waals surface area contributed by atoms with Gasteiger partial charge in [-0.25, -0.2) is 4.39 Å². The van der Waals surface area contributed by atoms with Gasteiger partial charge in [-0.1, -0.05) is 13.8 Å². The molecule has 1 fully saturated rings. The lowest BCUT2D eigenvalue weighted by Gasteiger charge is -2.36. The smallest absolute Gasteiger partial charge is 0.224 e. The zero-order chi connectivity index (χ0) is 21.8. The number of nitrogens with one attached hydrogen (secondary N) is 2. The second-order valence-electron chi connectivity index (χ2n) is 7.84. The molecule has 7 nitrogen and oxygen atoms in total. The highest BCUT2D eigenvalue weighted by atomic mass is 19.1. The molecule has 0 unspecified atom stereocenters. The van der Waals surface area contributed by atoms with Gasteiger partial charge in [0, 0.05) is 71.6 Å². The van der Waals surface area contributed by atoms with E-state index < -0.39 is 0 Å². The molecule has 8 heteroatoms. The summed E-state index contributed by atoms with van der Waals surface area (Å²) in [6, 6.07) is 6.51. The molecule has 1 amide bonds. The van der Waals surface area contributed by atoms with Crippen molar-refractivity contribution in [3.8, 4) is 0 Å². The quantitative estimate of drug-likeness (QED) is 0.344. The number of guanidine groups is 1. The lowest BCUT2D eigenvalue weighted by molar-refractivity contribution is -0.131. The number of nitrogens with zero attached hydrogens (tertiary/aromatic N) is 3. The lowest BCUT2D eigenvalue weighted by Crippen LogP contribution is -2.49. The van der Waals surface area contributed by atoms with Gasteiger partial charge < -0.3 is 25.2 Å². The second kappa shape index (κ2) is 13.1. The Bertz CT molecular complexity index is 658. The van der Waals surface area contributed by atoms with Gasteiger partial charge >= 0.3 is 0 Å². The Balaban J connectivity index is 1.59. The largest absolute Gasteiger partial charge is 0.381 e. The van der Waals surface area contributed by atoms with Crippen molar-refractivity contribution in [2.75, 3.05) is 64.4 Å². The number of rotatable bonds is 10. The Hall–Kier alpha value is -2.35. The van der Waals surface area contributed by atoms with Crippen molar-refractivity contribution in [3.05, 3.63) is 30.1 Å². The van der Waals surface area contributed by atoms with E-state index in [-0.39, 0.29) is 11.7 Å². The van der Waals surface area contributed by atoms with E-state index in [1.54, 1.807) is 19.2 Å². The van der Waals surface area contributed by atoms with Gasteiger partial charge in [-0.3, -0.25) is 9.79 Å². The number of piperazine rings is 1. The fourth-order valence-corrected chi connectivity index (χ4v) is 3.23. The molecular weight excluding hydrogens is 385 g/mol. The predicted molar refractivity (Wildman–Crippen MR) is 119 cm³/mol. The Morgan fingerprint density at radius 1 is 1.13 bits per heavy atom. The van der Waals surface area contributed by atoms with E-state index in [1.165, 1.54) is 12.1 Å². The molecule has 168 valence electrons. The van der Waals surface area contributed by atoms with E-state index in [0.717, 1.165) is 45.0 Å². The van der Waals surface area contributed by atoms with Crippen molar-refractivity contribution < 1.29 is 13.9 Å². The lowest BCUT2D eigenvalue weighted by atomic mass is 10.2. The van der Waals surface area contributed by atoms with Crippen LogP contribution in [0.1, 0.15) is 26.7 Å². The van der Waals surface area contributed by atoms with Crippen LogP contribution in [0, 0.1) is 11.7 Å². The average molecular weight is 422 g/mol. The minimum absolute atomic E-state index is 0.138. The molecule has 2 N–H and O–H groups in total. The molecule has 0 radical (unpaired) electrons. The third-order valence-corrected chi connectivity index (χ3v) is 4.89. The van der Waals surface area contributed by atoms with Gasteiger partial charge in [0.05, 0.1) is 0 Å². The number of carbonyl (C=O) groups excluding carboxylic acids is 1. The van der Waals surface area contributed by atoms with Crippen molar-refractivity contribution >= 4 is 17.6 Å². The zero-order valence-corrected chi connectivity index (χ0v) is 18.5. The number of aliphatic imine (C=N–C) groups is 1. The van der Waals surface area contributed by atoms with Crippen LogP contribution >= 0.6 is 0 Å². The highest BCUT2D eigenvalue weighted by Gasteiger charge is 2.21. The van der Waals surface area contributed by atoms with Gasteiger partial charge in [0.2, 0.25) is 5.91 Å². The second-order valence-corrected chi connectivity index (χ2v) is 7.84. The summed E-state index contributed by atoms with van der Waals surface area (Å²) in [4.78, 5) is 20.7. The number of halogens is 1. The van der Waals surface area contributed by atoms with Gasteiger partial charge in [-0.15, -0.1) is 0 Å². The molecule has 30 heavy (non-hydrogen) atoms. The highest BCUT2D eigenvalue weighted by Crippen LogP contribution is 2.17. The molecule has 1 saturated heterocycles. The standard InChI is InChI=1S/C22H36FN5O2/c1-18(2)17-30-16-4-10-25-22(24-3)26-11-9-21(29)28-14-12-27(13-15-28)20-7-5-19(23)6-8-20/h5-8,18H,4,9-17H2,1-3H3,(H2,24,25,26). The maximum atomic E-state index is 13.1. The minimum Gasteiger partial charge on any atom is -0.381 e. The fourth-order valence-electron chi connectivity index (χ4n) is 3.23. The van der Waals surface area contributed by atoms with Crippen LogP contribution in [0.25, 0.3) is 0 Å². The molecule has 1 aliphatic heterocycles. The van der Waals surface area contributed by atoms with Gasteiger partial charge in [0.25, 0.3) is 0 Å². The van der Waals surface area contributed by atoms with Gasteiger partial charge in [-0.2, -0.15) is 0 Å².